The number of hydrogen-bond donors (Lipinski definition) is 2. The third kappa shape index (κ3) is 2.47. The molecule has 102 valence electrons. The van der Waals surface area contributed by atoms with Crippen molar-refractivity contribution in [3.63, 3.8) is 0 Å². The molecule has 0 bridgehead atoms. The van der Waals surface area contributed by atoms with Gasteiger partial charge in [0.05, 0.1) is 0 Å². The van der Waals surface area contributed by atoms with E-state index in [0.29, 0.717) is 12.5 Å². The molecule has 2 heteroatoms. The maximum atomic E-state index is 6.02. The van der Waals surface area contributed by atoms with Crippen LogP contribution in [0.3, 0.4) is 0 Å². The van der Waals surface area contributed by atoms with Gasteiger partial charge in [-0.05, 0) is 37.1 Å². The zero-order chi connectivity index (χ0) is 13.9. The third-order valence-electron chi connectivity index (χ3n) is 3.95. The molecular weight excluding hydrogens is 244 g/mol. The lowest BCUT2D eigenvalue weighted by atomic mass is 9.91. The average molecular weight is 264 g/mol. The van der Waals surface area contributed by atoms with Crippen LogP contribution in [-0.4, -0.2) is 11.5 Å². The van der Waals surface area contributed by atoms with Gasteiger partial charge in [0.2, 0.25) is 0 Å². The minimum absolute atomic E-state index is 0.355. The van der Waals surface area contributed by atoms with E-state index in [9.17, 15) is 0 Å². The largest absolute Gasteiger partial charge is 0.361 e. The number of aromatic amines is 1. The minimum atomic E-state index is 0.355. The van der Waals surface area contributed by atoms with Crippen LogP contribution >= 0.6 is 0 Å². The number of benzene rings is 2. The molecular formula is C18H20N2. The van der Waals surface area contributed by atoms with Gasteiger partial charge in [0.15, 0.2) is 0 Å². The molecule has 20 heavy (non-hydrogen) atoms. The molecule has 1 unspecified atom stereocenters. The van der Waals surface area contributed by atoms with Gasteiger partial charge in [-0.25, -0.2) is 0 Å². The Bertz CT molecular complexity index is 695. The summed E-state index contributed by atoms with van der Waals surface area (Å²) in [5.74, 6) is 0.355. The molecule has 1 aromatic heterocycles. The van der Waals surface area contributed by atoms with Crippen LogP contribution in [0.15, 0.2) is 54.7 Å². The Morgan fingerprint density at radius 2 is 1.80 bits per heavy atom. The molecule has 0 saturated carbocycles. The number of aromatic nitrogens is 1. The molecule has 0 amide bonds. The summed E-state index contributed by atoms with van der Waals surface area (Å²) in [5, 5.41) is 1.29. The standard InChI is InChI=1S/C18H20N2/c1-13-6-8-14(9-7-13)10-15(11-19)17-12-20-18-5-3-2-4-16(17)18/h2-9,12,15,20H,10-11,19H2,1H3. The van der Waals surface area contributed by atoms with Gasteiger partial charge >= 0.3 is 0 Å². The number of hydrogen-bond acceptors (Lipinski definition) is 1. The van der Waals surface area contributed by atoms with Crippen molar-refractivity contribution in [2.24, 2.45) is 5.73 Å². The molecule has 0 fully saturated rings. The van der Waals surface area contributed by atoms with Crippen LogP contribution in [0.25, 0.3) is 10.9 Å². The number of nitrogens with two attached hydrogens (primary N) is 1. The molecule has 1 atom stereocenters. The van der Waals surface area contributed by atoms with Crippen molar-refractivity contribution in [1.82, 2.24) is 4.98 Å². The Morgan fingerprint density at radius 3 is 2.55 bits per heavy atom. The third-order valence-corrected chi connectivity index (χ3v) is 3.95. The van der Waals surface area contributed by atoms with Crippen molar-refractivity contribution in [3.8, 4) is 0 Å². The summed E-state index contributed by atoms with van der Waals surface area (Å²) in [6, 6.07) is 17.1. The summed E-state index contributed by atoms with van der Waals surface area (Å²) < 4.78 is 0. The van der Waals surface area contributed by atoms with Gasteiger partial charge in [-0.2, -0.15) is 0 Å². The maximum Gasteiger partial charge on any atom is 0.0456 e. The van der Waals surface area contributed by atoms with Crippen LogP contribution < -0.4 is 5.73 Å². The SMILES string of the molecule is Cc1ccc(CC(CN)c2c[nH]c3ccccc23)cc1. The van der Waals surface area contributed by atoms with E-state index < -0.39 is 0 Å². The highest BCUT2D eigenvalue weighted by atomic mass is 14.7. The Hall–Kier alpha value is -2.06. The Labute approximate surface area is 119 Å². The fraction of sp³-hybridized carbons (Fsp3) is 0.222. The van der Waals surface area contributed by atoms with Crippen molar-refractivity contribution in [2.75, 3.05) is 6.54 Å². The highest BCUT2D eigenvalue weighted by molar-refractivity contribution is 5.83. The predicted molar refractivity (Wildman–Crippen MR) is 85.0 cm³/mol. The second-order valence-electron chi connectivity index (χ2n) is 5.41. The number of fused-ring (bicyclic) bond motifs is 1. The van der Waals surface area contributed by atoms with Crippen LogP contribution in [0, 0.1) is 6.92 Å². The topological polar surface area (TPSA) is 41.8 Å². The average Bonchev–Trinajstić information content (AvgIpc) is 2.91. The van der Waals surface area contributed by atoms with Gasteiger partial charge in [0.1, 0.15) is 0 Å². The minimum Gasteiger partial charge on any atom is -0.361 e. The van der Waals surface area contributed by atoms with Crippen LogP contribution in [0.5, 0.6) is 0 Å². The molecule has 0 saturated heterocycles. The lowest BCUT2D eigenvalue weighted by molar-refractivity contribution is 0.699. The van der Waals surface area contributed by atoms with Crippen LogP contribution in [-0.2, 0) is 6.42 Å². The normalized spacial score (nSPS) is 12.7. The smallest absolute Gasteiger partial charge is 0.0456 e. The van der Waals surface area contributed by atoms with Crippen molar-refractivity contribution in [2.45, 2.75) is 19.3 Å². The molecule has 0 radical (unpaired) electrons. The quantitative estimate of drug-likeness (QED) is 0.740. The Kier molecular flexibility index (Phi) is 3.57. The number of nitrogens with one attached hydrogen (secondary N) is 1. The number of rotatable bonds is 4. The van der Waals surface area contributed by atoms with E-state index in [1.54, 1.807) is 0 Å². The molecule has 3 N–H and O–H groups in total. The first-order valence-electron chi connectivity index (χ1n) is 7.09. The zero-order valence-electron chi connectivity index (χ0n) is 11.8. The van der Waals surface area contributed by atoms with E-state index >= 15 is 0 Å². The second kappa shape index (κ2) is 5.51. The van der Waals surface area contributed by atoms with E-state index in [1.807, 2.05) is 0 Å². The van der Waals surface area contributed by atoms with E-state index in [1.165, 1.54) is 27.6 Å². The Balaban J connectivity index is 1.91. The van der Waals surface area contributed by atoms with Gasteiger partial charge in [-0.3, -0.25) is 0 Å². The van der Waals surface area contributed by atoms with Crippen molar-refractivity contribution >= 4 is 10.9 Å². The lowest BCUT2D eigenvalue weighted by Gasteiger charge is -2.14. The molecule has 0 aliphatic carbocycles. The van der Waals surface area contributed by atoms with Gasteiger partial charge in [-0.1, -0.05) is 48.0 Å². The summed E-state index contributed by atoms with van der Waals surface area (Å²) in [6.45, 7) is 2.78. The fourth-order valence-electron chi connectivity index (χ4n) is 2.76. The number of H-pyrrole nitrogens is 1. The maximum absolute atomic E-state index is 6.02. The fourth-order valence-corrected chi connectivity index (χ4v) is 2.76. The summed E-state index contributed by atoms with van der Waals surface area (Å²) in [7, 11) is 0. The summed E-state index contributed by atoms with van der Waals surface area (Å²) in [5.41, 5.74) is 11.2. The highest BCUT2D eigenvalue weighted by Crippen LogP contribution is 2.27. The van der Waals surface area contributed by atoms with Gasteiger partial charge in [0.25, 0.3) is 0 Å². The summed E-state index contributed by atoms with van der Waals surface area (Å²) in [4.78, 5) is 3.34. The molecule has 0 aliphatic rings. The van der Waals surface area contributed by atoms with E-state index in [4.69, 9.17) is 5.73 Å². The molecule has 3 aromatic rings. The first-order valence-corrected chi connectivity index (χ1v) is 7.09. The first-order chi connectivity index (χ1) is 9.78. The zero-order valence-corrected chi connectivity index (χ0v) is 11.8. The second-order valence-corrected chi connectivity index (χ2v) is 5.41. The van der Waals surface area contributed by atoms with Gasteiger partial charge in [-0.15, -0.1) is 0 Å². The van der Waals surface area contributed by atoms with Crippen molar-refractivity contribution in [3.05, 3.63) is 71.4 Å². The predicted octanol–water partition coefficient (Wildman–Crippen LogP) is 3.76. The van der Waals surface area contributed by atoms with Gasteiger partial charge < -0.3 is 10.7 Å². The number of para-hydroxylation sites is 1. The number of aryl methyl sites for hydroxylation is 1. The molecule has 0 aliphatic heterocycles. The van der Waals surface area contributed by atoms with Crippen LogP contribution in [0.4, 0.5) is 0 Å². The summed E-state index contributed by atoms with van der Waals surface area (Å²) >= 11 is 0. The molecule has 2 nitrogen and oxygen atoms in total. The molecule has 2 aromatic carbocycles. The first kappa shape index (κ1) is 12.9. The monoisotopic (exact) mass is 264 g/mol. The van der Waals surface area contributed by atoms with Crippen molar-refractivity contribution < 1.29 is 0 Å². The van der Waals surface area contributed by atoms with Gasteiger partial charge in [0, 0.05) is 23.0 Å². The lowest BCUT2D eigenvalue weighted by Crippen LogP contribution is -2.14. The van der Waals surface area contributed by atoms with Crippen molar-refractivity contribution in [1.29, 1.82) is 0 Å². The van der Waals surface area contributed by atoms with Crippen LogP contribution in [0.2, 0.25) is 0 Å². The molecule has 0 spiro atoms. The van der Waals surface area contributed by atoms with Crippen LogP contribution in [0.1, 0.15) is 22.6 Å². The molecule has 1 heterocycles. The van der Waals surface area contributed by atoms with E-state index in [-0.39, 0.29) is 0 Å². The Morgan fingerprint density at radius 1 is 1.05 bits per heavy atom. The molecule has 3 rings (SSSR count). The van der Waals surface area contributed by atoms with E-state index in [2.05, 4.69) is 66.6 Å². The summed E-state index contributed by atoms with van der Waals surface area (Å²) in [6.07, 6.45) is 3.09. The highest BCUT2D eigenvalue weighted by Gasteiger charge is 2.14. The van der Waals surface area contributed by atoms with E-state index in [0.717, 1.165) is 6.42 Å².